The SMILES string of the molecule is Cc1nn(C)c(C)c1C(=O)NC#N. The third-order valence-electron chi connectivity index (χ3n) is 1.91. The number of aromatic nitrogens is 2. The normalized spacial score (nSPS) is 9.38. The van der Waals surface area contributed by atoms with Gasteiger partial charge in [0.05, 0.1) is 11.3 Å². The van der Waals surface area contributed by atoms with Gasteiger partial charge >= 0.3 is 0 Å². The number of nitrogens with zero attached hydrogens (tertiary/aromatic N) is 3. The predicted octanol–water partition coefficient (Wildman–Crippen LogP) is 0.248. The van der Waals surface area contributed by atoms with Crippen molar-refractivity contribution in [2.75, 3.05) is 0 Å². The molecule has 0 saturated carbocycles. The molecule has 5 heteroatoms. The average Bonchev–Trinajstić information content (AvgIpc) is 2.27. The molecule has 0 aliphatic rings. The van der Waals surface area contributed by atoms with Gasteiger partial charge in [-0.25, -0.2) is 0 Å². The van der Waals surface area contributed by atoms with Gasteiger partial charge in [-0.1, -0.05) is 0 Å². The van der Waals surface area contributed by atoms with Gasteiger partial charge in [-0.05, 0) is 13.8 Å². The third-order valence-corrected chi connectivity index (χ3v) is 1.91. The monoisotopic (exact) mass is 178 g/mol. The standard InChI is InChI=1S/C8H10N4O/c1-5-7(8(13)10-4-9)6(2)12(3)11-5/h1-3H3,(H,10,13). The van der Waals surface area contributed by atoms with E-state index in [0.29, 0.717) is 11.3 Å². The van der Waals surface area contributed by atoms with Crippen molar-refractivity contribution in [3.05, 3.63) is 17.0 Å². The number of rotatable bonds is 1. The lowest BCUT2D eigenvalue weighted by Gasteiger charge is -1.97. The van der Waals surface area contributed by atoms with Crippen LogP contribution in [0.25, 0.3) is 0 Å². The summed E-state index contributed by atoms with van der Waals surface area (Å²) in [4.78, 5) is 11.3. The van der Waals surface area contributed by atoms with Crippen molar-refractivity contribution in [3.8, 4) is 6.19 Å². The molecule has 1 aromatic rings. The molecule has 0 saturated heterocycles. The van der Waals surface area contributed by atoms with Crippen molar-refractivity contribution in [1.29, 1.82) is 5.26 Å². The summed E-state index contributed by atoms with van der Waals surface area (Å²) in [5, 5.41) is 14.4. The molecule has 0 aliphatic carbocycles. The Morgan fingerprint density at radius 3 is 2.62 bits per heavy atom. The van der Waals surface area contributed by atoms with E-state index < -0.39 is 5.91 Å². The smallest absolute Gasteiger partial charge is 0.268 e. The molecule has 0 radical (unpaired) electrons. The molecule has 1 aromatic heterocycles. The zero-order valence-corrected chi connectivity index (χ0v) is 7.75. The molecule has 1 rings (SSSR count). The maximum absolute atomic E-state index is 11.3. The van der Waals surface area contributed by atoms with Gasteiger partial charge in [0, 0.05) is 12.7 Å². The fraction of sp³-hybridized carbons (Fsp3) is 0.375. The summed E-state index contributed by atoms with van der Waals surface area (Å²) in [7, 11) is 1.76. The van der Waals surface area contributed by atoms with Crippen molar-refractivity contribution in [2.24, 2.45) is 7.05 Å². The highest BCUT2D eigenvalue weighted by Gasteiger charge is 2.16. The fourth-order valence-electron chi connectivity index (χ4n) is 1.22. The van der Waals surface area contributed by atoms with Crippen LogP contribution >= 0.6 is 0 Å². The van der Waals surface area contributed by atoms with E-state index >= 15 is 0 Å². The topological polar surface area (TPSA) is 70.7 Å². The van der Waals surface area contributed by atoms with E-state index in [1.165, 1.54) is 0 Å². The van der Waals surface area contributed by atoms with Gasteiger partial charge in [-0.2, -0.15) is 10.4 Å². The summed E-state index contributed by atoms with van der Waals surface area (Å²) < 4.78 is 1.61. The van der Waals surface area contributed by atoms with Crippen molar-refractivity contribution in [2.45, 2.75) is 13.8 Å². The molecule has 0 aromatic carbocycles. The van der Waals surface area contributed by atoms with Crippen LogP contribution in [0.2, 0.25) is 0 Å². The Balaban J connectivity index is 3.15. The Labute approximate surface area is 76.0 Å². The highest BCUT2D eigenvalue weighted by Crippen LogP contribution is 2.10. The summed E-state index contributed by atoms with van der Waals surface area (Å²) in [6.07, 6.45) is 1.59. The van der Waals surface area contributed by atoms with Crippen molar-refractivity contribution in [3.63, 3.8) is 0 Å². The zero-order valence-electron chi connectivity index (χ0n) is 7.75. The number of amides is 1. The van der Waals surface area contributed by atoms with Crippen LogP contribution in [0.15, 0.2) is 0 Å². The Hall–Kier alpha value is -1.83. The molecule has 1 heterocycles. The third kappa shape index (κ3) is 1.51. The summed E-state index contributed by atoms with van der Waals surface area (Å²) in [6, 6.07) is 0. The number of nitriles is 1. The van der Waals surface area contributed by atoms with E-state index in [1.807, 2.05) is 0 Å². The van der Waals surface area contributed by atoms with E-state index in [4.69, 9.17) is 5.26 Å². The highest BCUT2D eigenvalue weighted by molar-refractivity contribution is 5.97. The fourth-order valence-corrected chi connectivity index (χ4v) is 1.22. The largest absolute Gasteiger partial charge is 0.272 e. The van der Waals surface area contributed by atoms with Crippen LogP contribution in [0.1, 0.15) is 21.7 Å². The maximum Gasteiger partial charge on any atom is 0.268 e. The number of carbonyl (C=O) groups excluding carboxylic acids is 1. The number of hydrogen-bond donors (Lipinski definition) is 1. The molecule has 0 bridgehead atoms. The molecule has 68 valence electrons. The lowest BCUT2D eigenvalue weighted by atomic mass is 10.2. The highest BCUT2D eigenvalue weighted by atomic mass is 16.1. The number of carbonyl (C=O) groups is 1. The summed E-state index contributed by atoms with van der Waals surface area (Å²) >= 11 is 0. The van der Waals surface area contributed by atoms with Crippen LogP contribution in [0.5, 0.6) is 0 Å². The Bertz CT molecular complexity index is 386. The van der Waals surface area contributed by atoms with E-state index in [2.05, 4.69) is 10.4 Å². The molecule has 0 spiro atoms. The van der Waals surface area contributed by atoms with Gasteiger partial charge in [0.1, 0.15) is 0 Å². The lowest BCUT2D eigenvalue weighted by Crippen LogP contribution is -2.18. The second kappa shape index (κ2) is 3.27. The Morgan fingerprint density at radius 2 is 2.23 bits per heavy atom. The second-order valence-corrected chi connectivity index (χ2v) is 2.74. The van der Waals surface area contributed by atoms with Gasteiger partial charge in [-0.3, -0.25) is 14.8 Å². The summed E-state index contributed by atoms with van der Waals surface area (Å²) in [5.41, 5.74) is 1.86. The van der Waals surface area contributed by atoms with Crippen LogP contribution in [0.4, 0.5) is 0 Å². The minimum atomic E-state index is -0.398. The number of nitrogens with one attached hydrogen (secondary N) is 1. The van der Waals surface area contributed by atoms with E-state index in [-0.39, 0.29) is 0 Å². The van der Waals surface area contributed by atoms with Gasteiger partial charge in [0.15, 0.2) is 6.19 Å². The first-order valence-electron chi connectivity index (χ1n) is 3.77. The minimum Gasteiger partial charge on any atom is -0.272 e. The molecular weight excluding hydrogens is 168 g/mol. The van der Waals surface area contributed by atoms with Crippen LogP contribution in [-0.2, 0) is 7.05 Å². The first-order chi connectivity index (χ1) is 6.07. The zero-order chi connectivity index (χ0) is 10.0. The van der Waals surface area contributed by atoms with E-state index in [1.54, 1.807) is 31.8 Å². The van der Waals surface area contributed by atoms with Crippen molar-refractivity contribution in [1.82, 2.24) is 15.1 Å². The molecule has 0 atom stereocenters. The van der Waals surface area contributed by atoms with E-state index in [9.17, 15) is 4.79 Å². The van der Waals surface area contributed by atoms with E-state index in [0.717, 1.165) is 5.69 Å². The number of hydrogen-bond acceptors (Lipinski definition) is 3. The molecule has 5 nitrogen and oxygen atoms in total. The second-order valence-electron chi connectivity index (χ2n) is 2.74. The molecular formula is C8H10N4O. The van der Waals surface area contributed by atoms with Crippen LogP contribution < -0.4 is 5.32 Å². The summed E-state index contributed by atoms with van der Waals surface area (Å²) in [6.45, 7) is 3.52. The molecule has 0 unspecified atom stereocenters. The number of aryl methyl sites for hydroxylation is 2. The van der Waals surface area contributed by atoms with Gasteiger partial charge < -0.3 is 0 Å². The van der Waals surface area contributed by atoms with Crippen LogP contribution in [-0.4, -0.2) is 15.7 Å². The molecule has 1 amide bonds. The van der Waals surface area contributed by atoms with Gasteiger partial charge in [-0.15, -0.1) is 0 Å². The molecule has 13 heavy (non-hydrogen) atoms. The molecule has 0 aliphatic heterocycles. The first kappa shape index (κ1) is 9.26. The first-order valence-corrected chi connectivity index (χ1v) is 3.77. The Kier molecular flexibility index (Phi) is 2.33. The molecule has 1 N–H and O–H groups in total. The van der Waals surface area contributed by atoms with Crippen LogP contribution in [0, 0.1) is 25.3 Å². The Morgan fingerprint density at radius 1 is 1.62 bits per heavy atom. The quantitative estimate of drug-likeness (QED) is 0.495. The van der Waals surface area contributed by atoms with Crippen molar-refractivity contribution >= 4 is 5.91 Å². The van der Waals surface area contributed by atoms with Crippen molar-refractivity contribution < 1.29 is 4.79 Å². The van der Waals surface area contributed by atoms with Crippen LogP contribution in [0.3, 0.4) is 0 Å². The lowest BCUT2D eigenvalue weighted by molar-refractivity contribution is 0.0971. The average molecular weight is 178 g/mol. The van der Waals surface area contributed by atoms with Gasteiger partial charge in [0.2, 0.25) is 0 Å². The van der Waals surface area contributed by atoms with Gasteiger partial charge in [0.25, 0.3) is 5.91 Å². The minimum absolute atomic E-state index is 0.398. The predicted molar refractivity (Wildman–Crippen MR) is 45.8 cm³/mol. The summed E-state index contributed by atoms with van der Waals surface area (Å²) in [5.74, 6) is -0.398. The molecule has 0 fully saturated rings. The maximum atomic E-state index is 11.3.